The zero-order valence-corrected chi connectivity index (χ0v) is 10.9. The van der Waals surface area contributed by atoms with Crippen molar-refractivity contribution in [2.75, 3.05) is 0 Å². The van der Waals surface area contributed by atoms with E-state index in [1.807, 2.05) is 0 Å². The molecule has 0 atom stereocenters. The Hall–Kier alpha value is -0.823. The first-order chi connectivity index (χ1) is 6.38. The lowest BCUT2D eigenvalue weighted by Crippen LogP contribution is -2.15. The van der Waals surface area contributed by atoms with Crippen LogP contribution < -0.4 is 0 Å². The molecule has 0 nitrogen and oxygen atoms in total. The van der Waals surface area contributed by atoms with Crippen LogP contribution in [0.5, 0.6) is 0 Å². The maximum atomic E-state index is 2.39. The Morgan fingerprint density at radius 1 is 1.07 bits per heavy atom. The van der Waals surface area contributed by atoms with Crippen molar-refractivity contribution in [1.29, 1.82) is 0 Å². The summed E-state index contributed by atoms with van der Waals surface area (Å²) in [5, 5.41) is 0. The van der Waals surface area contributed by atoms with Crippen LogP contribution in [0.15, 0.2) is 23.9 Å². The first-order valence-electron chi connectivity index (χ1n) is 5.15. The molecule has 1 aromatic rings. The van der Waals surface area contributed by atoms with Crippen LogP contribution in [0.3, 0.4) is 0 Å². The number of hydrogen-bond donors (Lipinski definition) is 0. The van der Waals surface area contributed by atoms with E-state index < -0.39 is 8.07 Å². The van der Waals surface area contributed by atoms with E-state index in [2.05, 4.69) is 63.5 Å². The number of hydrogen-bond acceptors (Lipinski definition) is 0. The minimum absolute atomic E-state index is 1.06. The molecule has 0 spiro atoms. The lowest BCUT2D eigenvalue weighted by Gasteiger charge is -2.09. The topological polar surface area (TPSA) is 0 Å². The average Bonchev–Trinajstić information content (AvgIpc) is 2.00. The molecule has 0 aromatic heterocycles. The second kappa shape index (κ2) is 4.14. The summed E-state index contributed by atoms with van der Waals surface area (Å²) >= 11 is 0. The summed E-state index contributed by atoms with van der Waals surface area (Å²) in [6, 6.07) is 6.63. The lowest BCUT2D eigenvalue weighted by molar-refractivity contribution is 1.37. The molecule has 0 aliphatic rings. The molecule has 14 heavy (non-hydrogen) atoms. The third kappa shape index (κ3) is 3.50. The van der Waals surface area contributed by atoms with E-state index in [9.17, 15) is 0 Å². The third-order valence-corrected chi connectivity index (χ3v) is 3.35. The fourth-order valence-corrected chi connectivity index (χ4v) is 2.03. The van der Waals surface area contributed by atoms with Crippen LogP contribution in [0.2, 0.25) is 19.6 Å². The summed E-state index contributed by atoms with van der Waals surface area (Å²) in [6.07, 6.45) is 2.28. The number of aryl methyl sites for hydroxylation is 2. The summed E-state index contributed by atoms with van der Waals surface area (Å²) in [5.74, 6) is 0. The van der Waals surface area contributed by atoms with Gasteiger partial charge in [0.2, 0.25) is 0 Å². The van der Waals surface area contributed by atoms with Gasteiger partial charge in [0.25, 0.3) is 0 Å². The van der Waals surface area contributed by atoms with Crippen molar-refractivity contribution in [3.63, 3.8) is 0 Å². The summed E-state index contributed by atoms with van der Waals surface area (Å²) in [4.78, 5) is 0. The predicted molar refractivity (Wildman–Crippen MR) is 68.3 cm³/mol. The van der Waals surface area contributed by atoms with Gasteiger partial charge in [-0.25, -0.2) is 0 Å². The highest BCUT2D eigenvalue weighted by Crippen LogP contribution is 2.14. The summed E-state index contributed by atoms with van der Waals surface area (Å²) in [7, 11) is -1.06. The lowest BCUT2D eigenvalue weighted by atomic mass is 10.1. The molecule has 1 heteroatoms. The molecule has 0 heterocycles. The Morgan fingerprint density at radius 3 is 2.21 bits per heavy atom. The predicted octanol–water partition coefficient (Wildman–Crippen LogP) is 4.19. The van der Waals surface area contributed by atoms with Gasteiger partial charge >= 0.3 is 0 Å². The zero-order chi connectivity index (χ0) is 10.8. The Morgan fingerprint density at radius 2 is 1.71 bits per heavy atom. The fourth-order valence-electron chi connectivity index (χ4n) is 1.35. The van der Waals surface area contributed by atoms with Crippen molar-refractivity contribution in [3.05, 3.63) is 40.6 Å². The van der Waals surface area contributed by atoms with Gasteiger partial charge in [-0.3, -0.25) is 0 Å². The van der Waals surface area contributed by atoms with E-state index in [1.165, 1.54) is 16.7 Å². The van der Waals surface area contributed by atoms with Gasteiger partial charge in [0.1, 0.15) is 0 Å². The normalized spacial score (nSPS) is 12.4. The second-order valence-corrected chi connectivity index (χ2v) is 10.1. The van der Waals surface area contributed by atoms with E-state index in [-0.39, 0.29) is 0 Å². The molecule has 76 valence electrons. The van der Waals surface area contributed by atoms with Crippen molar-refractivity contribution < 1.29 is 0 Å². The first kappa shape index (κ1) is 11.3. The quantitative estimate of drug-likeness (QED) is 0.634. The Labute approximate surface area is 88.7 Å². The van der Waals surface area contributed by atoms with Crippen LogP contribution in [0.25, 0.3) is 6.08 Å². The maximum absolute atomic E-state index is 2.39. The SMILES string of the molecule is Cc1ccc(/C=C/[Si](C)(C)C)c(C)c1. The second-order valence-electron chi connectivity index (χ2n) is 5.06. The number of benzene rings is 1. The highest BCUT2D eigenvalue weighted by molar-refractivity contribution is 6.81. The van der Waals surface area contributed by atoms with Crippen LogP contribution in [0.1, 0.15) is 16.7 Å². The Balaban J connectivity index is 2.93. The molecule has 0 saturated carbocycles. The fraction of sp³-hybridized carbons (Fsp3) is 0.385. The monoisotopic (exact) mass is 204 g/mol. The maximum Gasteiger partial charge on any atom is 0.0687 e. The van der Waals surface area contributed by atoms with Gasteiger partial charge in [0, 0.05) is 0 Å². The van der Waals surface area contributed by atoms with E-state index in [1.54, 1.807) is 0 Å². The average molecular weight is 204 g/mol. The molecule has 0 fully saturated rings. The minimum Gasteiger partial charge on any atom is -0.0944 e. The van der Waals surface area contributed by atoms with Crippen LogP contribution in [-0.2, 0) is 0 Å². The number of rotatable bonds is 2. The third-order valence-electron chi connectivity index (χ3n) is 2.19. The molecule has 0 saturated heterocycles. The Kier molecular flexibility index (Phi) is 3.32. The standard InChI is InChI=1S/C13H20Si/c1-11-6-7-13(12(2)10-11)8-9-14(3,4)5/h6-10H,1-5H3/b9-8+. The van der Waals surface area contributed by atoms with E-state index in [0.29, 0.717) is 0 Å². The Bertz CT molecular complexity index is 343. The molecular formula is C13H20Si. The van der Waals surface area contributed by atoms with Gasteiger partial charge in [-0.15, -0.1) is 0 Å². The van der Waals surface area contributed by atoms with Gasteiger partial charge in [0.15, 0.2) is 0 Å². The van der Waals surface area contributed by atoms with E-state index in [4.69, 9.17) is 0 Å². The molecule has 0 aliphatic heterocycles. The molecule has 0 unspecified atom stereocenters. The van der Waals surface area contributed by atoms with Gasteiger partial charge in [-0.1, -0.05) is 55.2 Å². The van der Waals surface area contributed by atoms with Crippen molar-refractivity contribution in [3.8, 4) is 0 Å². The largest absolute Gasteiger partial charge is 0.0944 e. The summed E-state index contributed by atoms with van der Waals surface area (Å²) < 4.78 is 0. The molecule has 0 amide bonds. The molecule has 1 rings (SSSR count). The van der Waals surface area contributed by atoms with Crippen molar-refractivity contribution in [2.45, 2.75) is 33.5 Å². The summed E-state index contributed by atoms with van der Waals surface area (Å²) in [6.45, 7) is 11.4. The molecule has 0 N–H and O–H groups in total. The minimum atomic E-state index is -1.06. The van der Waals surface area contributed by atoms with Gasteiger partial charge in [-0.05, 0) is 25.0 Å². The van der Waals surface area contributed by atoms with Gasteiger partial charge < -0.3 is 0 Å². The van der Waals surface area contributed by atoms with Crippen LogP contribution in [0, 0.1) is 13.8 Å². The van der Waals surface area contributed by atoms with E-state index >= 15 is 0 Å². The highest BCUT2D eigenvalue weighted by atomic mass is 28.3. The highest BCUT2D eigenvalue weighted by Gasteiger charge is 2.06. The molecule has 0 bridgehead atoms. The summed E-state index contributed by atoms with van der Waals surface area (Å²) in [5.41, 5.74) is 6.47. The molecule has 0 radical (unpaired) electrons. The zero-order valence-electron chi connectivity index (χ0n) is 9.89. The van der Waals surface area contributed by atoms with Crippen molar-refractivity contribution >= 4 is 14.1 Å². The van der Waals surface area contributed by atoms with E-state index in [0.717, 1.165) is 0 Å². The van der Waals surface area contributed by atoms with Crippen LogP contribution in [-0.4, -0.2) is 8.07 Å². The van der Waals surface area contributed by atoms with Crippen LogP contribution >= 0.6 is 0 Å². The van der Waals surface area contributed by atoms with Crippen molar-refractivity contribution in [2.24, 2.45) is 0 Å². The smallest absolute Gasteiger partial charge is 0.0687 e. The van der Waals surface area contributed by atoms with Crippen molar-refractivity contribution in [1.82, 2.24) is 0 Å². The van der Waals surface area contributed by atoms with Gasteiger partial charge in [0.05, 0.1) is 8.07 Å². The molecular weight excluding hydrogens is 184 g/mol. The molecule has 0 aliphatic carbocycles. The molecule has 1 aromatic carbocycles. The van der Waals surface area contributed by atoms with Gasteiger partial charge in [-0.2, -0.15) is 0 Å². The first-order valence-corrected chi connectivity index (χ1v) is 8.73. The van der Waals surface area contributed by atoms with Crippen LogP contribution in [0.4, 0.5) is 0 Å².